The highest BCUT2D eigenvalue weighted by molar-refractivity contribution is 8.15. The number of hydrogen-bond donors (Lipinski definition) is 0. The highest BCUT2D eigenvalue weighted by Crippen LogP contribution is 2.38. The standard InChI is InChI=1S/C15H20Cl2N2S/c1-10(2)8-19-9-15(3,4)20-14(19)18-13-6-5-11(16)7-12(13)17/h5-7,10H,8-9H2,1-4H3. The van der Waals surface area contributed by atoms with E-state index in [0.717, 1.165) is 23.9 Å². The second-order valence-electron chi connectivity index (χ2n) is 6.13. The van der Waals surface area contributed by atoms with Gasteiger partial charge in [0.05, 0.1) is 10.7 Å². The molecule has 0 saturated carbocycles. The number of nitrogens with zero attached hydrogens (tertiary/aromatic N) is 2. The van der Waals surface area contributed by atoms with Crippen molar-refractivity contribution in [3.63, 3.8) is 0 Å². The molecule has 1 fully saturated rings. The van der Waals surface area contributed by atoms with Crippen molar-refractivity contribution in [3.05, 3.63) is 28.2 Å². The van der Waals surface area contributed by atoms with Crippen LogP contribution in [0.1, 0.15) is 27.7 Å². The molecule has 1 aromatic rings. The van der Waals surface area contributed by atoms with Gasteiger partial charge in [0.15, 0.2) is 5.17 Å². The van der Waals surface area contributed by atoms with Gasteiger partial charge in [-0.3, -0.25) is 0 Å². The maximum Gasteiger partial charge on any atom is 0.165 e. The van der Waals surface area contributed by atoms with E-state index >= 15 is 0 Å². The average Bonchev–Trinajstić information content (AvgIpc) is 2.56. The highest BCUT2D eigenvalue weighted by Gasteiger charge is 2.35. The largest absolute Gasteiger partial charge is 0.350 e. The maximum atomic E-state index is 6.21. The molecule has 0 radical (unpaired) electrons. The van der Waals surface area contributed by atoms with Crippen LogP contribution in [0.3, 0.4) is 0 Å². The molecule has 2 rings (SSSR count). The van der Waals surface area contributed by atoms with Gasteiger partial charge in [-0.2, -0.15) is 0 Å². The lowest BCUT2D eigenvalue weighted by atomic mass is 10.1. The number of aliphatic imine (C=N–C) groups is 1. The molecular formula is C15H20Cl2N2S. The van der Waals surface area contributed by atoms with Crippen LogP contribution in [-0.4, -0.2) is 27.9 Å². The lowest BCUT2D eigenvalue weighted by Gasteiger charge is -2.21. The third kappa shape index (κ3) is 4.06. The van der Waals surface area contributed by atoms with Crippen LogP contribution in [0.5, 0.6) is 0 Å². The molecule has 0 amide bonds. The lowest BCUT2D eigenvalue weighted by molar-refractivity contribution is 0.359. The Hall–Kier alpha value is -0.380. The van der Waals surface area contributed by atoms with Crippen molar-refractivity contribution in [2.45, 2.75) is 32.4 Å². The SMILES string of the molecule is CC(C)CN1CC(C)(C)SC1=Nc1ccc(Cl)cc1Cl. The summed E-state index contributed by atoms with van der Waals surface area (Å²) in [5.74, 6) is 0.607. The summed E-state index contributed by atoms with van der Waals surface area (Å²) in [6, 6.07) is 5.43. The molecule has 5 heteroatoms. The second-order valence-corrected chi connectivity index (χ2v) is 8.64. The van der Waals surface area contributed by atoms with Crippen molar-refractivity contribution in [2.24, 2.45) is 10.9 Å². The fourth-order valence-corrected chi connectivity index (χ4v) is 3.80. The van der Waals surface area contributed by atoms with Gasteiger partial charge in [0.25, 0.3) is 0 Å². The molecule has 20 heavy (non-hydrogen) atoms. The van der Waals surface area contributed by atoms with Gasteiger partial charge in [0, 0.05) is 22.9 Å². The molecule has 1 aromatic carbocycles. The fraction of sp³-hybridized carbons (Fsp3) is 0.533. The van der Waals surface area contributed by atoms with Crippen molar-refractivity contribution < 1.29 is 0 Å². The molecule has 0 atom stereocenters. The summed E-state index contributed by atoms with van der Waals surface area (Å²) in [6.07, 6.45) is 0. The molecule has 110 valence electrons. The van der Waals surface area contributed by atoms with Crippen molar-refractivity contribution in [1.82, 2.24) is 4.90 Å². The summed E-state index contributed by atoms with van der Waals surface area (Å²) in [4.78, 5) is 7.09. The van der Waals surface area contributed by atoms with E-state index in [4.69, 9.17) is 28.2 Å². The van der Waals surface area contributed by atoms with Crippen LogP contribution in [-0.2, 0) is 0 Å². The molecule has 0 aliphatic carbocycles. The summed E-state index contributed by atoms with van der Waals surface area (Å²) < 4.78 is 0.187. The quantitative estimate of drug-likeness (QED) is 0.730. The molecule has 2 nitrogen and oxygen atoms in total. The number of hydrogen-bond acceptors (Lipinski definition) is 2. The van der Waals surface area contributed by atoms with Crippen molar-refractivity contribution in [2.75, 3.05) is 13.1 Å². The molecule has 0 aromatic heterocycles. The fourth-order valence-electron chi connectivity index (χ4n) is 2.22. The Kier molecular flexibility index (Phi) is 4.93. The minimum Gasteiger partial charge on any atom is -0.350 e. The van der Waals surface area contributed by atoms with Crippen molar-refractivity contribution in [3.8, 4) is 0 Å². The van der Waals surface area contributed by atoms with Crippen molar-refractivity contribution >= 4 is 45.8 Å². The zero-order valence-corrected chi connectivity index (χ0v) is 14.6. The molecule has 0 spiro atoms. The maximum absolute atomic E-state index is 6.21. The van der Waals surface area contributed by atoms with Crippen LogP contribution < -0.4 is 0 Å². The molecular weight excluding hydrogens is 311 g/mol. The molecule has 1 aliphatic heterocycles. The number of thioether (sulfide) groups is 1. The first-order chi connectivity index (χ1) is 9.27. The third-order valence-electron chi connectivity index (χ3n) is 2.92. The van der Waals surface area contributed by atoms with E-state index < -0.39 is 0 Å². The second kappa shape index (κ2) is 6.17. The summed E-state index contributed by atoms with van der Waals surface area (Å²) in [7, 11) is 0. The van der Waals surface area contributed by atoms with Gasteiger partial charge < -0.3 is 4.90 Å². The summed E-state index contributed by atoms with van der Waals surface area (Å²) >= 11 is 14.0. The summed E-state index contributed by atoms with van der Waals surface area (Å²) in [6.45, 7) is 11.0. The Bertz CT molecular complexity index is 527. The Morgan fingerprint density at radius 3 is 2.65 bits per heavy atom. The number of amidine groups is 1. The van der Waals surface area contributed by atoms with E-state index in [0.29, 0.717) is 16.0 Å². The Balaban J connectivity index is 2.30. The first kappa shape index (κ1) is 16.0. The zero-order valence-electron chi connectivity index (χ0n) is 12.3. The van der Waals surface area contributed by atoms with E-state index in [9.17, 15) is 0 Å². The van der Waals surface area contributed by atoms with Crippen LogP contribution in [0.25, 0.3) is 0 Å². The topological polar surface area (TPSA) is 15.6 Å². The van der Waals surface area contributed by atoms with Gasteiger partial charge >= 0.3 is 0 Å². The van der Waals surface area contributed by atoms with Crippen LogP contribution >= 0.6 is 35.0 Å². The number of benzene rings is 1. The van der Waals surface area contributed by atoms with Crippen LogP contribution in [0.15, 0.2) is 23.2 Å². The van der Waals surface area contributed by atoms with Crippen LogP contribution in [0.4, 0.5) is 5.69 Å². The normalized spacial score (nSPS) is 20.1. The van der Waals surface area contributed by atoms with Gasteiger partial charge in [0.2, 0.25) is 0 Å². The first-order valence-electron chi connectivity index (χ1n) is 6.74. The summed E-state index contributed by atoms with van der Waals surface area (Å²) in [5.41, 5.74) is 0.782. The smallest absolute Gasteiger partial charge is 0.165 e. The first-order valence-corrected chi connectivity index (χ1v) is 8.32. The summed E-state index contributed by atoms with van der Waals surface area (Å²) in [5, 5.41) is 2.28. The van der Waals surface area contributed by atoms with E-state index in [2.05, 4.69) is 32.6 Å². The van der Waals surface area contributed by atoms with E-state index in [1.54, 1.807) is 6.07 Å². The molecule has 0 N–H and O–H groups in total. The van der Waals surface area contributed by atoms with Gasteiger partial charge in [-0.25, -0.2) is 4.99 Å². The average molecular weight is 331 g/mol. The predicted octanol–water partition coefficient (Wildman–Crippen LogP) is 5.46. The molecule has 0 bridgehead atoms. The number of halogens is 2. The van der Waals surface area contributed by atoms with Gasteiger partial charge in [-0.15, -0.1) is 0 Å². The van der Waals surface area contributed by atoms with Gasteiger partial charge in [0.1, 0.15) is 0 Å². The number of rotatable bonds is 3. The highest BCUT2D eigenvalue weighted by atomic mass is 35.5. The predicted molar refractivity (Wildman–Crippen MR) is 91.6 cm³/mol. The lowest BCUT2D eigenvalue weighted by Crippen LogP contribution is -2.31. The molecule has 1 aliphatic rings. The van der Waals surface area contributed by atoms with E-state index in [1.807, 2.05) is 23.9 Å². The molecule has 1 heterocycles. The van der Waals surface area contributed by atoms with E-state index in [-0.39, 0.29) is 4.75 Å². The van der Waals surface area contributed by atoms with Gasteiger partial charge in [-0.1, -0.05) is 48.8 Å². The zero-order chi connectivity index (χ0) is 14.9. The van der Waals surface area contributed by atoms with E-state index in [1.165, 1.54) is 0 Å². The Morgan fingerprint density at radius 2 is 2.05 bits per heavy atom. The minimum absolute atomic E-state index is 0.187. The minimum atomic E-state index is 0.187. The molecule has 1 saturated heterocycles. The Labute approximate surface area is 135 Å². The van der Waals surface area contributed by atoms with Crippen LogP contribution in [0, 0.1) is 5.92 Å². The van der Waals surface area contributed by atoms with Crippen molar-refractivity contribution in [1.29, 1.82) is 0 Å². The molecule has 0 unspecified atom stereocenters. The third-order valence-corrected chi connectivity index (χ3v) is 4.67. The Morgan fingerprint density at radius 1 is 1.35 bits per heavy atom. The monoisotopic (exact) mass is 330 g/mol. The van der Waals surface area contributed by atoms with Gasteiger partial charge in [-0.05, 0) is 38.0 Å². The van der Waals surface area contributed by atoms with Crippen LogP contribution in [0.2, 0.25) is 10.0 Å².